The van der Waals surface area contributed by atoms with Gasteiger partial charge in [0.15, 0.2) is 11.5 Å². The standard InChI is InChI=1S/C51H42N2O/c1-49(2)38-16-9-7-14-34(38)36-25-22-31(28-42(36)49)52(32-23-26-37-35-15-8-10-17-39(35)50(3,4)43(37)29-32)33-24-27-40-45(30-33)53-44-19-11-12-20-46(44)54-47-21-13-18-41(48(47)53)51(40,5)6/h7-30H,1-6H3. The number of benzene rings is 7. The van der Waals surface area contributed by atoms with Crippen LogP contribution in [0, 0.1) is 0 Å². The van der Waals surface area contributed by atoms with E-state index in [1.807, 2.05) is 0 Å². The fraction of sp³-hybridized carbons (Fsp3) is 0.176. The summed E-state index contributed by atoms with van der Waals surface area (Å²) in [5.74, 6) is 1.77. The lowest BCUT2D eigenvalue weighted by molar-refractivity contribution is 0.471. The van der Waals surface area contributed by atoms with Gasteiger partial charge in [0, 0.05) is 33.3 Å². The lowest BCUT2D eigenvalue weighted by Gasteiger charge is -2.45. The summed E-state index contributed by atoms with van der Waals surface area (Å²) in [6.45, 7) is 14.2. The monoisotopic (exact) mass is 698 g/mol. The number of hydrogen-bond acceptors (Lipinski definition) is 3. The molecule has 2 aliphatic carbocycles. The van der Waals surface area contributed by atoms with Gasteiger partial charge in [0.05, 0.1) is 17.1 Å². The van der Waals surface area contributed by atoms with Gasteiger partial charge < -0.3 is 14.5 Å². The zero-order chi connectivity index (χ0) is 36.7. The van der Waals surface area contributed by atoms with Gasteiger partial charge in [0.2, 0.25) is 0 Å². The highest BCUT2D eigenvalue weighted by atomic mass is 16.5. The average molecular weight is 699 g/mol. The van der Waals surface area contributed by atoms with Crippen LogP contribution in [0.5, 0.6) is 11.5 Å². The predicted molar refractivity (Wildman–Crippen MR) is 223 cm³/mol. The molecule has 54 heavy (non-hydrogen) atoms. The Bertz CT molecular complexity index is 2640. The second-order valence-corrected chi connectivity index (χ2v) is 17.0. The topological polar surface area (TPSA) is 15.7 Å². The van der Waals surface area contributed by atoms with E-state index in [4.69, 9.17) is 4.74 Å². The molecule has 0 bridgehead atoms. The quantitative estimate of drug-likeness (QED) is 0.183. The molecule has 2 aliphatic heterocycles. The minimum atomic E-state index is -0.233. The summed E-state index contributed by atoms with van der Waals surface area (Å²) in [4.78, 5) is 4.93. The van der Waals surface area contributed by atoms with E-state index >= 15 is 0 Å². The second-order valence-electron chi connectivity index (χ2n) is 17.0. The van der Waals surface area contributed by atoms with Crippen LogP contribution in [0.2, 0.25) is 0 Å². The van der Waals surface area contributed by atoms with Crippen molar-refractivity contribution in [3.63, 3.8) is 0 Å². The Labute approximate surface area is 318 Å². The smallest absolute Gasteiger partial charge is 0.151 e. The molecule has 0 radical (unpaired) electrons. The Hall–Kier alpha value is -6.06. The van der Waals surface area contributed by atoms with Crippen LogP contribution >= 0.6 is 0 Å². The maximum atomic E-state index is 6.57. The van der Waals surface area contributed by atoms with Crippen molar-refractivity contribution in [2.24, 2.45) is 0 Å². The van der Waals surface area contributed by atoms with E-state index < -0.39 is 0 Å². The number of hydrogen-bond donors (Lipinski definition) is 0. The Morgan fingerprint density at radius 2 is 0.870 bits per heavy atom. The Morgan fingerprint density at radius 3 is 1.52 bits per heavy atom. The molecular weight excluding hydrogens is 657 g/mol. The highest BCUT2D eigenvalue weighted by Gasteiger charge is 2.42. The molecule has 0 unspecified atom stereocenters. The number of ether oxygens (including phenoxy) is 1. The first kappa shape index (κ1) is 31.5. The van der Waals surface area contributed by atoms with Crippen LogP contribution in [0.3, 0.4) is 0 Å². The summed E-state index contributed by atoms with van der Waals surface area (Å²) in [5, 5.41) is 0. The second kappa shape index (κ2) is 10.5. The minimum absolute atomic E-state index is 0.118. The molecule has 2 heterocycles. The van der Waals surface area contributed by atoms with Gasteiger partial charge in [0.1, 0.15) is 0 Å². The minimum Gasteiger partial charge on any atom is -0.453 e. The van der Waals surface area contributed by atoms with E-state index in [9.17, 15) is 0 Å². The molecule has 262 valence electrons. The zero-order valence-electron chi connectivity index (χ0n) is 31.7. The molecule has 7 aromatic rings. The van der Waals surface area contributed by atoms with Crippen molar-refractivity contribution in [1.29, 1.82) is 0 Å². The highest BCUT2D eigenvalue weighted by molar-refractivity contribution is 5.95. The van der Waals surface area contributed by atoms with Crippen molar-refractivity contribution in [2.75, 3.05) is 9.80 Å². The molecule has 11 rings (SSSR count). The summed E-state index contributed by atoms with van der Waals surface area (Å²) < 4.78 is 6.57. The third kappa shape index (κ3) is 4.02. The fourth-order valence-corrected chi connectivity index (χ4v) is 10.2. The third-order valence-electron chi connectivity index (χ3n) is 13.0. The summed E-state index contributed by atoms with van der Waals surface area (Å²) in [6, 6.07) is 54.1. The van der Waals surface area contributed by atoms with E-state index in [0.717, 1.165) is 39.9 Å². The van der Waals surface area contributed by atoms with Crippen LogP contribution in [0.4, 0.5) is 34.1 Å². The first-order valence-corrected chi connectivity index (χ1v) is 19.2. The molecule has 0 amide bonds. The Morgan fingerprint density at radius 1 is 0.389 bits per heavy atom. The number of anilines is 6. The third-order valence-corrected chi connectivity index (χ3v) is 13.0. The van der Waals surface area contributed by atoms with E-state index in [2.05, 4.69) is 197 Å². The first-order chi connectivity index (χ1) is 26.0. The average Bonchev–Trinajstić information content (AvgIpc) is 3.55. The van der Waals surface area contributed by atoms with Crippen molar-refractivity contribution in [1.82, 2.24) is 0 Å². The maximum absolute atomic E-state index is 6.57. The van der Waals surface area contributed by atoms with E-state index in [0.29, 0.717) is 0 Å². The number of fused-ring (bicyclic) bond motifs is 10. The Balaban J connectivity index is 1.15. The summed E-state index contributed by atoms with van der Waals surface area (Å²) in [7, 11) is 0. The van der Waals surface area contributed by atoms with Crippen LogP contribution in [0.15, 0.2) is 146 Å². The van der Waals surface area contributed by atoms with E-state index in [-0.39, 0.29) is 16.2 Å². The lowest BCUT2D eigenvalue weighted by Crippen LogP contribution is -2.32. The van der Waals surface area contributed by atoms with Crippen molar-refractivity contribution in [3.05, 3.63) is 179 Å². The molecule has 0 fully saturated rings. The highest BCUT2D eigenvalue weighted by Crippen LogP contribution is 2.61. The van der Waals surface area contributed by atoms with Crippen LogP contribution in [-0.4, -0.2) is 0 Å². The van der Waals surface area contributed by atoms with Gasteiger partial charge >= 0.3 is 0 Å². The van der Waals surface area contributed by atoms with Gasteiger partial charge in [0.25, 0.3) is 0 Å². The first-order valence-electron chi connectivity index (χ1n) is 19.2. The van der Waals surface area contributed by atoms with Gasteiger partial charge in [-0.3, -0.25) is 0 Å². The molecule has 0 atom stereocenters. The SMILES string of the molecule is CC1(C)c2ccccc2-c2ccc(N(c3ccc4c(c3)N3c5ccccc5Oc5cccc(c53)C4(C)C)c3ccc4c(c3)C(C)(C)c3ccccc3-4)cc21. The largest absolute Gasteiger partial charge is 0.453 e. The van der Waals surface area contributed by atoms with Crippen molar-refractivity contribution >= 4 is 34.1 Å². The van der Waals surface area contributed by atoms with Gasteiger partial charge in [-0.05, 0) is 110 Å². The van der Waals surface area contributed by atoms with E-state index in [1.165, 1.54) is 61.3 Å². The summed E-state index contributed by atoms with van der Waals surface area (Å²) in [5.41, 5.74) is 19.7. The molecule has 3 heteroatoms. The zero-order valence-corrected chi connectivity index (χ0v) is 31.7. The molecule has 0 saturated heterocycles. The van der Waals surface area contributed by atoms with Gasteiger partial charge in [-0.15, -0.1) is 0 Å². The molecule has 0 N–H and O–H groups in total. The molecular formula is C51H42N2O. The molecule has 0 saturated carbocycles. The van der Waals surface area contributed by atoms with Gasteiger partial charge in [-0.2, -0.15) is 0 Å². The summed E-state index contributed by atoms with van der Waals surface area (Å²) >= 11 is 0. The van der Waals surface area contributed by atoms with Crippen LogP contribution in [0.1, 0.15) is 74.9 Å². The van der Waals surface area contributed by atoms with Crippen LogP contribution < -0.4 is 14.5 Å². The molecule has 3 nitrogen and oxygen atoms in total. The normalized spacial score (nSPS) is 16.5. The number of para-hydroxylation sites is 3. The molecule has 0 spiro atoms. The van der Waals surface area contributed by atoms with Crippen molar-refractivity contribution in [3.8, 4) is 33.8 Å². The maximum Gasteiger partial charge on any atom is 0.151 e. The summed E-state index contributed by atoms with van der Waals surface area (Å²) in [6.07, 6.45) is 0. The molecule has 0 aromatic heterocycles. The van der Waals surface area contributed by atoms with Crippen molar-refractivity contribution < 1.29 is 4.74 Å². The predicted octanol–water partition coefficient (Wildman–Crippen LogP) is 14.0. The Kier molecular flexibility index (Phi) is 6.14. The van der Waals surface area contributed by atoms with Gasteiger partial charge in [-0.25, -0.2) is 0 Å². The lowest BCUT2D eigenvalue weighted by atomic mass is 9.73. The van der Waals surface area contributed by atoms with Gasteiger partial charge in [-0.1, -0.05) is 133 Å². The number of rotatable bonds is 3. The molecule has 7 aromatic carbocycles. The molecule has 4 aliphatic rings. The fourth-order valence-electron chi connectivity index (χ4n) is 10.2. The van der Waals surface area contributed by atoms with Crippen molar-refractivity contribution in [2.45, 2.75) is 57.8 Å². The number of nitrogens with zero attached hydrogens (tertiary/aromatic N) is 2. The van der Waals surface area contributed by atoms with Crippen LogP contribution in [0.25, 0.3) is 22.3 Å². The van der Waals surface area contributed by atoms with Crippen LogP contribution in [-0.2, 0) is 16.2 Å². The van der Waals surface area contributed by atoms with E-state index in [1.54, 1.807) is 0 Å².